The van der Waals surface area contributed by atoms with Gasteiger partial charge < -0.3 is 10.1 Å². The molecule has 0 aromatic heterocycles. The Morgan fingerprint density at radius 2 is 1.54 bits per heavy atom. The second-order valence-corrected chi connectivity index (χ2v) is 6.61. The van der Waals surface area contributed by atoms with E-state index in [1.54, 1.807) is 24.3 Å². The van der Waals surface area contributed by atoms with Gasteiger partial charge in [-0.15, -0.1) is 0 Å². The molecule has 0 saturated carbocycles. The third-order valence-electron chi connectivity index (χ3n) is 4.42. The minimum atomic E-state index is -0.923. The number of nitrogens with one attached hydrogen (secondary N) is 1. The summed E-state index contributed by atoms with van der Waals surface area (Å²) >= 11 is 0. The number of hydrogen-bond acceptors (Lipinski definition) is 4. The van der Waals surface area contributed by atoms with Crippen LogP contribution in [0.4, 0.5) is 0 Å². The Morgan fingerprint density at radius 3 is 2.25 bits per heavy atom. The van der Waals surface area contributed by atoms with Gasteiger partial charge in [-0.2, -0.15) is 0 Å². The number of amides is 1. The van der Waals surface area contributed by atoms with Crippen LogP contribution in [0.2, 0.25) is 0 Å². The molecule has 3 rings (SSSR count). The number of rotatable bonds is 6. The van der Waals surface area contributed by atoms with Crippen LogP contribution in [-0.2, 0) is 9.53 Å². The summed E-state index contributed by atoms with van der Waals surface area (Å²) in [5.74, 6) is -1.32. The fourth-order valence-corrected chi connectivity index (χ4v) is 2.83. The number of carbonyl (C=O) groups is 3. The summed E-state index contributed by atoms with van der Waals surface area (Å²) in [5, 5.41) is 4.50. The number of esters is 1. The van der Waals surface area contributed by atoms with Gasteiger partial charge in [-0.05, 0) is 36.8 Å². The molecule has 0 spiro atoms. The molecule has 0 aliphatic heterocycles. The van der Waals surface area contributed by atoms with Crippen molar-refractivity contribution >= 4 is 28.4 Å². The zero-order valence-corrected chi connectivity index (χ0v) is 15.8. The molecule has 0 unspecified atom stereocenters. The molecule has 0 saturated heterocycles. The number of fused-ring (bicyclic) bond motifs is 1. The van der Waals surface area contributed by atoms with Gasteiger partial charge in [0.15, 0.2) is 6.10 Å². The maximum atomic E-state index is 12.3. The predicted octanol–water partition coefficient (Wildman–Crippen LogP) is 3.69. The van der Waals surface area contributed by atoms with E-state index in [9.17, 15) is 14.4 Å². The van der Waals surface area contributed by atoms with Crippen molar-refractivity contribution in [1.29, 1.82) is 0 Å². The summed E-state index contributed by atoms with van der Waals surface area (Å²) in [6, 6.07) is 20.1. The Kier molecular flexibility index (Phi) is 5.84. The average Bonchev–Trinajstić information content (AvgIpc) is 2.71. The van der Waals surface area contributed by atoms with Crippen LogP contribution in [0.15, 0.2) is 66.7 Å². The standard InChI is InChI=1S/C23H21NO4/c1-15-7-9-18(10-8-15)22(26)16(2)28-21(25)14-24-23(27)20-12-11-17-5-3-4-6-19(17)13-20/h3-13,16H,14H2,1-2H3,(H,24,27)/t16-/m0/s1. The highest BCUT2D eigenvalue weighted by molar-refractivity contribution is 6.01. The van der Waals surface area contributed by atoms with Gasteiger partial charge in [-0.3, -0.25) is 14.4 Å². The summed E-state index contributed by atoms with van der Waals surface area (Å²) in [4.78, 5) is 36.6. The van der Waals surface area contributed by atoms with E-state index in [0.717, 1.165) is 16.3 Å². The average molecular weight is 375 g/mol. The molecule has 0 radical (unpaired) electrons. The van der Waals surface area contributed by atoms with E-state index in [2.05, 4.69) is 5.32 Å². The third kappa shape index (κ3) is 4.62. The van der Waals surface area contributed by atoms with Crippen LogP contribution in [0.1, 0.15) is 33.2 Å². The van der Waals surface area contributed by atoms with E-state index >= 15 is 0 Å². The first-order chi connectivity index (χ1) is 13.4. The van der Waals surface area contributed by atoms with Crippen LogP contribution in [0.25, 0.3) is 10.8 Å². The van der Waals surface area contributed by atoms with E-state index < -0.39 is 12.1 Å². The lowest BCUT2D eigenvalue weighted by atomic mass is 10.1. The number of benzene rings is 3. The maximum absolute atomic E-state index is 12.3. The number of hydrogen-bond donors (Lipinski definition) is 1. The fraction of sp³-hybridized carbons (Fsp3) is 0.174. The van der Waals surface area contributed by atoms with E-state index in [-0.39, 0.29) is 18.2 Å². The highest BCUT2D eigenvalue weighted by atomic mass is 16.5. The zero-order chi connectivity index (χ0) is 20.1. The Morgan fingerprint density at radius 1 is 0.893 bits per heavy atom. The Hall–Kier alpha value is -3.47. The van der Waals surface area contributed by atoms with Crippen LogP contribution in [0.5, 0.6) is 0 Å². The molecule has 0 bridgehead atoms. The van der Waals surface area contributed by atoms with E-state index in [0.29, 0.717) is 11.1 Å². The number of ketones is 1. The molecule has 0 fully saturated rings. The summed E-state index contributed by atoms with van der Waals surface area (Å²) < 4.78 is 5.15. The lowest BCUT2D eigenvalue weighted by Gasteiger charge is -2.13. The van der Waals surface area contributed by atoms with Gasteiger partial charge in [-0.25, -0.2) is 0 Å². The molecule has 0 aliphatic carbocycles. The van der Waals surface area contributed by atoms with Gasteiger partial charge in [0, 0.05) is 11.1 Å². The van der Waals surface area contributed by atoms with Crippen molar-refractivity contribution in [3.8, 4) is 0 Å². The normalized spacial score (nSPS) is 11.6. The molecular formula is C23H21NO4. The summed E-state index contributed by atoms with van der Waals surface area (Å²) in [7, 11) is 0. The van der Waals surface area contributed by atoms with Crippen molar-refractivity contribution in [2.75, 3.05) is 6.54 Å². The molecule has 1 atom stereocenters. The van der Waals surface area contributed by atoms with Crippen molar-refractivity contribution in [2.24, 2.45) is 0 Å². The summed E-state index contributed by atoms with van der Waals surface area (Å²) in [6.45, 7) is 3.14. The van der Waals surface area contributed by atoms with Crippen molar-refractivity contribution in [3.63, 3.8) is 0 Å². The van der Waals surface area contributed by atoms with Gasteiger partial charge in [0.05, 0.1) is 0 Å². The minimum absolute atomic E-state index is 0.283. The second kappa shape index (κ2) is 8.48. The first kappa shape index (κ1) is 19.3. The molecule has 1 N–H and O–H groups in total. The fourth-order valence-electron chi connectivity index (χ4n) is 2.83. The van der Waals surface area contributed by atoms with Crippen LogP contribution in [-0.4, -0.2) is 30.3 Å². The molecule has 5 heteroatoms. The zero-order valence-electron chi connectivity index (χ0n) is 15.8. The van der Waals surface area contributed by atoms with Crippen molar-refractivity contribution in [2.45, 2.75) is 20.0 Å². The lowest BCUT2D eigenvalue weighted by molar-refractivity contribution is -0.145. The lowest BCUT2D eigenvalue weighted by Crippen LogP contribution is -2.34. The molecule has 3 aromatic carbocycles. The molecule has 142 valence electrons. The van der Waals surface area contributed by atoms with Gasteiger partial charge in [-0.1, -0.05) is 60.2 Å². The quantitative estimate of drug-likeness (QED) is 0.527. The molecule has 5 nitrogen and oxygen atoms in total. The van der Waals surface area contributed by atoms with Gasteiger partial charge in [0.25, 0.3) is 5.91 Å². The van der Waals surface area contributed by atoms with E-state index in [1.807, 2.05) is 49.4 Å². The van der Waals surface area contributed by atoms with Gasteiger partial charge in [0.2, 0.25) is 5.78 Å². The molecule has 0 aliphatic rings. The monoisotopic (exact) mass is 375 g/mol. The summed E-state index contributed by atoms with van der Waals surface area (Å²) in [6.07, 6.45) is -0.923. The van der Waals surface area contributed by atoms with Crippen LogP contribution in [0, 0.1) is 6.92 Å². The SMILES string of the molecule is Cc1ccc(C(=O)[C@H](C)OC(=O)CNC(=O)c2ccc3ccccc3c2)cc1. The number of Topliss-reactive ketones (excluding diaryl/α,β-unsaturated/α-hetero) is 1. The first-order valence-corrected chi connectivity index (χ1v) is 9.01. The second-order valence-electron chi connectivity index (χ2n) is 6.61. The van der Waals surface area contributed by atoms with Crippen molar-refractivity contribution in [1.82, 2.24) is 5.32 Å². The topological polar surface area (TPSA) is 72.5 Å². The summed E-state index contributed by atoms with van der Waals surface area (Å²) in [5.41, 5.74) is 1.97. The minimum Gasteiger partial charge on any atom is -0.453 e. The molecular weight excluding hydrogens is 354 g/mol. The predicted molar refractivity (Wildman–Crippen MR) is 107 cm³/mol. The Bertz CT molecular complexity index is 1020. The first-order valence-electron chi connectivity index (χ1n) is 9.01. The molecule has 0 heterocycles. The van der Waals surface area contributed by atoms with Crippen LogP contribution >= 0.6 is 0 Å². The highest BCUT2D eigenvalue weighted by Gasteiger charge is 2.20. The van der Waals surface area contributed by atoms with Crippen molar-refractivity contribution in [3.05, 3.63) is 83.4 Å². The molecule has 28 heavy (non-hydrogen) atoms. The smallest absolute Gasteiger partial charge is 0.326 e. The number of aryl methyl sites for hydroxylation is 1. The van der Waals surface area contributed by atoms with E-state index in [4.69, 9.17) is 4.74 Å². The number of carbonyl (C=O) groups excluding carboxylic acids is 3. The van der Waals surface area contributed by atoms with Crippen molar-refractivity contribution < 1.29 is 19.1 Å². The molecule has 1 amide bonds. The Labute approximate surface area is 163 Å². The maximum Gasteiger partial charge on any atom is 0.326 e. The van der Waals surface area contributed by atoms with Gasteiger partial charge in [0.1, 0.15) is 6.54 Å². The van der Waals surface area contributed by atoms with Crippen LogP contribution < -0.4 is 5.32 Å². The van der Waals surface area contributed by atoms with Gasteiger partial charge >= 0.3 is 5.97 Å². The third-order valence-corrected chi connectivity index (χ3v) is 4.42. The Balaban J connectivity index is 1.54. The largest absolute Gasteiger partial charge is 0.453 e. The molecule has 3 aromatic rings. The van der Waals surface area contributed by atoms with E-state index in [1.165, 1.54) is 6.92 Å². The number of ether oxygens (including phenoxy) is 1. The highest BCUT2D eigenvalue weighted by Crippen LogP contribution is 2.15. The van der Waals surface area contributed by atoms with Crippen LogP contribution in [0.3, 0.4) is 0 Å².